The van der Waals surface area contributed by atoms with Crippen molar-refractivity contribution in [1.29, 1.82) is 0 Å². The fourth-order valence-corrected chi connectivity index (χ4v) is 4.25. The van der Waals surface area contributed by atoms with Crippen LogP contribution in [0.4, 0.5) is 0 Å². The predicted octanol–water partition coefficient (Wildman–Crippen LogP) is 3.26. The summed E-state index contributed by atoms with van der Waals surface area (Å²) in [5, 5.41) is 12.8. The lowest BCUT2D eigenvalue weighted by Gasteiger charge is -2.38. The predicted molar refractivity (Wildman–Crippen MR) is 108 cm³/mol. The van der Waals surface area contributed by atoms with E-state index in [0.29, 0.717) is 24.3 Å². The fraction of sp³-hybridized carbons (Fsp3) is 0.429. The zero-order valence-corrected chi connectivity index (χ0v) is 16.5. The minimum absolute atomic E-state index is 0.00259. The summed E-state index contributed by atoms with van der Waals surface area (Å²) in [6.45, 7) is 2.09. The highest BCUT2D eigenvalue weighted by molar-refractivity contribution is 7.99. The summed E-state index contributed by atoms with van der Waals surface area (Å²) in [6, 6.07) is 9.99. The minimum Gasteiger partial charge on any atom is -0.495 e. The van der Waals surface area contributed by atoms with Crippen molar-refractivity contribution in [1.82, 2.24) is 10.3 Å². The molecule has 1 heterocycles. The third kappa shape index (κ3) is 5.23. The molecule has 0 bridgehead atoms. The number of thioether (sulfide) groups is 1. The SMILES string of the molecule is COc1cncc(C(NC(=O)CSCc2ccccc2C)C2CC(O)C2)c1. The van der Waals surface area contributed by atoms with Crippen LogP contribution in [0.25, 0.3) is 0 Å². The van der Waals surface area contributed by atoms with E-state index in [1.165, 1.54) is 11.1 Å². The van der Waals surface area contributed by atoms with Crippen LogP contribution < -0.4 is 10.1 Å². The van der Waals surface area contributed by atoms with Gasteiger partial charge in [-0.25, -0.2) is 0 Å². The highest BCUT2D eigenvalue weighted by Crippen LogP contribution is 2.38. The third-order valence-corrected chi connectivity index (χ3v) is 6.00. The fourth-order valence-electron chi connectivity index (χ4n) is 3.33. The molecule has 144 valence electrons. The van der Waals surface area contributed by atoms with Gasteiger partial charge in [0.05, 0.1) is 31.2 Å². The number of aromatic nitrogens is 1. The van der Waals surface area contributed by atoms with Crippen LogP contribution in [0.3, 0.4) is 0 Å². The van der Waals surface area contributed by atoms with Gasteiger partial charge >= 0.3 is 0 Å². The number of hydrogen-bond donors (Lipinski definition) is 2. The van der Waals surface area contributed by atoms with Crippen LogP contribution in [0.5, 0.6) is 5.75 Å². The molecule has 6 heteroatoms. The number of aliphatic hydroxyl groups is 1. The van der Waals surface area contributed by atoms with Gasteiger partial charge in [-0.3, -0.25) is 9.78 Å². The number of methoxy groups -OCH3 is 1. The van der Waals surface area contributed by atoms with Crippen LogP contribution in [-0.2, 0) is 10.5 Å². The van der Waals surface area contributed by atoms with E-state index in [2.05, 4.69) is 29.4 Å². The van der Waals surface area contributed by atoms with Gasteiger partial charge < -0.3 is 15.2 Å². The summed E-state index contributed by atoms with van der Waals surface area (Å²) in [6.07, 6.45) is 4.52. The van der Waals surface area contributed by atoms with E-state index >= 15 is 0 Å². The van der Waals surface area contributed by atoms with Crippen LogP contribution in [0.2, 0.25) is 0 Å². The molecule has 0 aliphatic heterocycles. The van der Waals surface area contributed by atoms with Crippen molar-refractivity contribution >= 4 is 17.7 Å². The number of carbonyl (C=O) groups is 1. The molecule has 0 radical (unpaired) electrons. The van der Waals surface area contributed by atoms with Gasteiger partial charge in [0.15, 0.2) is 0 Å². The Morgan fingerprint density at radius 3 is 2.85 bits per heavy atom. The maximum Gasteiger partial charge on any atom is 0.230 e. The Bertz CT molecular complexity index is 778. The quantitative estimate of drug-likeness (QED) is 0.729. The number of hydrogen-bond acceptors (Lipinski definition) is 5. The Labute approximate surface area is 164 Å². The van der Waals surface area contributed by atoms with Crippen LogP contribution in [0.1, 0.15) is 35.6 Å². The normalized spacial score (nSPS) is 19.8. The van der Waals surface area contributed by atoms with E-state index in [-0.39, 0.29) is 24.0 Å². The molecule has 1 aromatic carbocycles. The summed E-state index contributed by atoms with van der Waals surface area (Å²) < 4.78 is 5.26. The van der Waals surface area contributed by atoms with Crippen LogP contribution in [-0.4, -0.2) is 35.0 Å². The standard InChI is InChI=1S/C21H26N2O3S/c1-14-5-3-4-6-15(14)12-27-13-20(25)23-21(16-7-18(24)8-16)17-9-19(26-2)11-22-10-17/h3-6,9-11,16,18,21,24H,7-8,12-13H2,1-2H3,(H,23,25). The molecule has 1 aliphatic rings. The molecule has 2 N–H and O–H groups in total. The number of aryl methyl sites for hydroxylation is 1. The van der Waals surface area contributed by atoms with Gasteiger partial charge in [-0.05, 0) is 48.4 Å². The van der Waals surface area contributed by atoms with E-state index in [0.717, 1.165) is 11.3 Å². The first-order valence-corrected chi connectivity index (χ1v) is 10.3. The molecule has 1 aliphatic carbocycles. The lowest BCUT2D eigenvalue weighted by Crippen LogP contribution is -2.42. The average Bonchev–Trinajstić information content (AvgIpc) is 2.65. The Kier molecular flexibility index (Phi) is 6.74. The van der Waals surface area contributed by atoms with E-state index in [9.17, 15) is 9.90 Å². The van der Waals surface area contributed by atoms with Gasteiger partial charge in [0.2, 0.25) is 5.91 Å². The first-order chi connectivity index (χ1) is 13.1. The lowest BCUT2D eigenvalue weighted by atomic mass is 9.75. The first kappa shape index (κ1) is 19.7. The smallest absolute Gasteiger partial charge is 0.230 e. The Balaban J connectivity index is 1.60. The van der Waals surface area contributed by atoms with Gasteiger partial charge in [0.1, 0.15) is 5.75 Å². The average molecular weight is 387 g/mol. The summed E-state index contributed by atoms with van der Waals surface area (Å²) in [5.41, 5.74) is 3.42. The molecule has 1 unspecified atom stereocenters. The van der Waals surface area contributed by atoms with Crippen molar-refractivity contribution in [2.45, 2.75) is 37.7 Å². The number of pyridine rings is 1. The number of amides is 1. The summed E-state index contributed by atoms with van der Waals surface area (Å²) in [5.74, 6) is 2.10. The highest BCUT2D eigenvalue weighted by Gasteiger charge is 2.36. The molecule has 0 spiro atoms. The summed E-state index contributed by atoms with van der Waals surface area (Å²) in [7, 11) is 1.60. The number of carbonyl (C=O) groups excluding carboxylic acids is 1. The van der Waals surface area contributed by atoms with E-state index < -0.39 is 0 Å². The lowest BCUT2D eigenvalue weighted by molar-refractivity contribution is -0.120. The topological polar surface area (TPSA) is 71.5 Å². The molecule has 1 aromatic heterocycles. The zero-order chi connectivity index (χ0) is 19.2. The van der Waals surface area contributed by atoms with Crippen molar-refractivity contribution in [3.63, 3.8) is 0 Å². The van der Waals surface area contributed by atoms with Crippen molar-refractivity contribution in [3.8, 4) is 5.75 Å². The highest BCUT2D eigenvalue weighted by atomic mass is 32.2. The van der Waals surface area contributed by atoms with Crippen LogP contribution in [0.15, 0.2) is 42.7 Å². The molecule has 3 rings (SSSR count). The van der Waals surface area contributed by atoms with E-state index in [4.69, 9.17) is 4.74 Å². The maximum absolute atomic E-state index is 12.5. The number of aliphatic hydroxyl groups excluding tert-OH is 1. The van der Waals surface area contributed by atoms with Gasteiger partial charge in [0, 0.05) is 11.9 Å². The van der Waals surface area contributed by atoms with Gasteiger partial charge in [-0.1, -0.05) is 24.3 Å². The second-order valence-electron chi connectivity index (χ2n) is 7.01. The molecule has 1 atom stereocenters. The van der Waals surface area contributed by atoms with Crippen molar-refractivity contribution in [2.24, 2.45) is 5.92 Å². The zero-order valence-electron chi connectivity index (χ0n) is 15.7. The second kappa shape index (κ2) is 9.24. The maximum atomic E-state index is 12.5. The number of ether oxygens (including phenoxy) is 1. The summed E-state index contributed by atoms with van der Waals surface area (Å²) >= 11 is 1.61. The molecule has 5 nitrogen and oxygen atoms in total. The number of nitrogens with one attached hydrogen (secondary N) is 1. The minimum atomic E-state index is -0.275. The van der Waals surface area contributed by atoms with Crippen molar-refractivity contribution in [3.05, 3.63) is 59.4 Å². The van der Waals surface area contributed by atoms with E-state index in [1.54, 1.807) is 31.3 Å². The van der Waals surface area contributed by atoms with Crippen LogP contribution in [0, 0.1) is 12.8 Å². The third-order valence-electron chi connectivity index (χ3n) is 5.02. The number of nitrogens with zero attached hydrogens (tertiary/aromatic N) is 1. The van der Waals surface area contributed by atoms with E-state index in [1.807, 2.05) is 18.2 Å². The van der Waals surface area contributed by atoms with Crippen LogP contribution >= 0.6 is 11.8 Å². The van der Waals surface area contributed by atoms with Gasteiger partial charge in [-0.2, -0.15) is 0 Å². The van der Waals surface area contributed by atoms with Gasteiger partial charge in [0.25, 0.3) is 0 Å². The second-order valence-corrected chi connectivity index (χ2v) is 7.99. The Morgan fingerprint density at radius 2 is 2.15 bits per heavy atom. The van der Waals surface area contributed by atoms with Gasteiger partial charge in [-0.15, -0.1) is 11.8 Å². The molecular formula is C21H26N2O3S. The molecule has 0 saturated heterocycles. The molecule has 1 saturated carbocycles. The molecular weight excluding hydrogens is 360 g/mol. The Morgan fingerprint density at radius 1 is 1.37 bits per heavy atom. The van der Waals surface area contributed by atoms with Crippen molar-refractivity contribution in [2.75, 3.05) is 12.9 Å². The molecule has 2 aromatic rings. The first-order valence-electron chi connectivity index (χ1n) is 9.15. The number of benzene rings is 1. The monoisotopic (exact) mass is 386 g/mol. The molecule has 1 amide bonds. The molecule has 1 fully saturated rings. The van der Waals surface area contributed by atoms with Crippen molar-refractivity contribution < 1.29 is 14.6 Å². The Hall–Kier alpha value is -2.05. The number of rotatable bonds is 8. The molecule has 27 heavy (non-hydrogen) atoms. The summed E-state index contributed by atoms with van der Waals surface area (Å²) in [4.78, 5) is 16.7. The largest absolute Gasteiger partial charge is 0.495 e.